The Labute approximate surface area is 102 Å². The molecule has 0 aliphatic carbocycles. The Bertz CT molecular complexity index is 469. The Morgan fingerprint density at radius 2 is 2.12 bits per heavy atom. The van der Waals surface area contributed by atoms with E-state index in [-0.39, 0.29) is 5.82 Å². The average molecular weight is 232 g/mol. The molecule has 17 heavy (non-hydrogen) atoms. The van der Waals surface area contributed by atoms with Crippen LogP contribution < -0.4 is 5.32 Å². The molecule has 1 N–H and O–H groups in total. The van der Waals surface area contributed by atoms with Crippen molar-refractivity contribution in [1.82, 2.24) is 0 Å². The molecule has 0 heterocycles. The van der Waals surface area contributed by atoms with Crippen LogP contribution in [0, 0.1) is 12.7 Å². The molecule has 0 fully saturated rings. The van der Waals surface area contributed by atoms with E-state index in [2.05, 4.69) is 16.9 Å². The highest BCUT2D eigenvalue weighted by Crippen LogP contribution is 2.16. The normalized spacial score (nSPS) is 10.9. The van der Waals surface area contributed by atoms with Gasteiger partial charge in [0.25, 0.3) is 0 Å². The highest BCUT2D eigenvalue weighted by atomic mass is 19.1. The van der Waals surface area contributed by atoms with Crippen molar-refractivity contribution in [3.05, 3.63) is 54.1 Å². The predicted octanol–water partition coefficient (Wildman–Crippen LogP) is 4.05. The maximum Gasteiger partial charge on any atom is 0.130 e. The molecule has 0 saturated carbocycles. The fraction of sp³-hybridized carbons (Fsp3) is 0.214. The molecule has 0 aromatic heterocycles. The van der Waals surface area contributed by atoms with Crippen LogP contribution in [-0.2, 0) is 0 Å². The number of aryl methyl sites for hydroxylation is 1. The van der Waals surface area contributed by atoms with Gasteiger partial charge in [-0.1, -0.05) is 12.7 Å². The molecule has 1 rings (SSSR count). The van der Waals surface area contributed by atoms with Crippen LogP contribution in [0.3, 0.4) is 0 Å². The van der Waals surface area contributed by atoms with Crippen LogP contribution in [-0.4, -0.2) is 5.71 Å². The van der Waals surface area contributed by atoms with E-state index in [9.17, 15) is 4.39 Å². The molecule has 0 saturated heterocycles. The number of hydrogen-bond acceptors (Lipinski definition) is 2. The lowest BCUT2D eigenvalue weighted by molar-refractivity contribution is 0.619. The second-order valence-corrected chi connectivity index (χ2v) is 3.94. The van der Waals surface area contributed by atoms with Gasteiger partial charge < -0.3 is 5.32 Å². The third kappa shape index (κ3) is 4.23. The highest BCUT2D eigenvalue weighted by Gasteiger charge is 2.00. The van der Waals surface area contributed by atoms with Gasteiger partial charge in [-0.25, -0.2) is 9.38 Å². The molecular formula is C14H17FN2. The maximum atomic E-state index is 13.1. The van der Waals surface area contributed by atoms with Crippen molar-refractivity contribution < 1.29 is 4.39 Å². The summed E-state index contributed by atoms with van der Waals surface area (Å²) in [5.74, 6) is 0.478. The van der Waals surface area contributed by atoms with Crippen molar-refractivity contribution in [3.8, 4) is 0 Å². The summed E-state index contributed by atoms with van der Waals surface area (Å²) in [6.45, 7) is 9.19. The van der Waals surface area contributed by atoms with E-state index < -0.39 is 0 Å². The fourth-order valence-corrected chi connectivity index (χ4v) is 1.33. The quantitative estimate of drug-likeness (QED) is 0.614. The van der Waals surface area contributed by atoms with Crippen molar-refractivity contribution in [2.24, 2.45) is 4.99 Å². The van der Waals surface area contributed by atoms with Crippen LogP contribution in [0.5, 0.6) is 0 Å². The zero-order valence-electron chi connectivity index (χ0n) is 10.4. The van der Waals surface area contributed by atoms with Crippen LogP contribution >= 0.6 is 0 Å². The average Bonchev–Trinajstić information content (AvgIpc) is 2.23. The number of nitrogens with one attached hydrogen (secondary N) is 1. The SMILES string of the molecule is C=C/C=C(\N=C(C)C)Nc1ccc(F)c(C)c1. The topological polar surface area (TPSA) is 24.4 Å². The number of aliphatic imine (C=N–C) groups is 1. The predicted molar refractivity (Wildman–Crippen MR) is 71.8 cm³/mol. The Morgan fingerprint density at radius 1 is 1.41 bits per heavy atom. The van der Waals surface area contributed by atoms with Crippen molar-refractivity contribution in [1.29, 1.82) is 0 Å². The van der Waals surface area contributed by atoms with E-state index in [1.54, 1.807) is 31.2 Å². The second-order valence-electron chi connectivity index (χ2n) is 3.94. The lowest BCUT2D eigenvalue weighted by Crippen LogP contribution is -1.99. The van der Waals surface area contributed by atoms with E-state index in [0.29, 0.717) is 11.4 Å². The summed E-state index contributed by atoms with van der Waals surface area (Å²) in [6, 6.07) is 4.86. The van der Waals surface area contributed by atoms with Gasteiger partial charge in [0, 0.05) is 11.4 Å². The van der Waals surface area contributed by atoms with Crippen LogP contribution in [0.25, 0.3) is 0 Å². The minimum atomic E-state index is -0.208. The summed E-state index contributed by atoms with van der Waals surface area (Å²) in [5, 5.41) is 3.12. The highest BCUT2D eigenvalue weighted by molar-refractivity contribution is 5.80. The van der Waals surface area contributed by atoms with Gasteiger partial charge in [-0.3, -0.25) is 0 Å². The second kappa shape index (κ2) is 5.99. The maximum absolute atomic E-state index is 13.1. The number of nitrogens with zero attached hydrogens (tertiary/aromatic N) is 1. The molecule has 0 atom stereocenters. The van der Waals surface area contributed by atoms with E-state index in [1.165, 1.54) is 6.07 Å². The molecule has 1 aromatic rings. The molecule has 3 heteroatoms. The smallest absolute Gasteiger partial charge is 0.130 e. The molecular weight excluding hydrogens is 215 g/mol. The van der Waals surface area contributed by atoms with Gasteiger partial charge in [0.1, 0.15) is 11.6 Å². The molecule has 0 radical (unpaired) electrons. The van der Waals surface area contributed by atoms with Crippen LogP contribution in [0.15, 0.2) is 47.7 Å². The number of halogens is 1. The first-order chi connectivity index (χ1) is 8.02. The van der Waals surface area contributed by atoms with Crippen molar-refractivity contribution in [2.45, 2.75) is 20.8 Å². The van der Waals surface area contributed by atoms with Gasteiger partial charge in [-0.05, 0) is 50.6 Å². The van der Waals surface area contributed by atoms with Crippen molar-refractivity contribution >= 4 is 11.4 Å². The Kier molecular flexibility index (Phi) is 4.64. The summed E-state index contributed by atoms with van der Waals surface area (Å²) in [7, 11) is 0. The van der Waals surface area contributed by atoms with E-state index in [0.717, 1.165) is 11.4 Å². The first-order valence-electron chi connectivity index (χ1n) is 5.40. The summed E-state index contributed by atoms with van der Waals surface area (Å²) in [5.41, 5.74) is 2.34. The standard InChI is InChI=1S/C14H17FN2/c1-5-6-14(16-10(2)3)17-12-7-8-13(15)11(4)9-12/h5-9,17H,1H2,2-4H3/b14-6+. The lowest BCUT2D eigenvalue weighted by Gasteiger charge is -2.08. The van der Waals surface area contributed by atoms with Gasteiger partial charge in [0.2, 0.25) is 0 Å². The van der Waals surface area contributed by atoms with E-state index >= 15 is 0 Å². The monoisotopic (exact) mass is 232 g/mol. The minimum Gasteiger partial charge on any atom is -0.340 e. The van der Waals surface area contributed by atoms with E-state index in [4.69, 9.17) is 0 Å². The molecule has 0 aliphatic rings. The number of hydrogen-bond donors (Lipinski definition) is 1. The number of benzene rings is 1. The summed E-state index contributed by atoms with van der Waals surface area (Å²) >= 11 is 0. The third-order valence-electron chi connectivity index (χ3n) is 2.05. The first-order valence-corrected chi connectivity index (χ1v) is 5.40. The summed E-state index contributed by atoms with van der Waals surface area (Å²) < 4.78 is 13.1. The zero-order chi connectivity index (χ0) is 12.8. The van der Waals surface area contributed by atoms with Gasteiger partial charge in [-0.2, -0.15) is 0 Å². The Hall–Kier alpha value is -1.90. The number of allylic oxidation sites excluding steroid dienone is 2. The molecule has 1 aromatic carbocycles. The fourth-order valence-electron chi connectivity index (χ4n) is 1.33. The van der Waals surface area contributed by atoms with Gasteiger partial charge in [0.15, 0.2) is 0 Å². The van der Waals surface area contributed by atoms with Crippen molar-refractivity contribution in [3.63, 3.8) is 0 Å². The van der Waals surface area contributed by atoms with Crippen LogP contribution in [0.4, 0.5) is 10.1 Å². The van der Waals surface area contributed by atoms with Gasteiger partial charge in [-0.15, -0.1) is 0 Å². The summed E-state index contributed by atoms with van der Waals surface area (Å²) in [4.78, 5) is 4.32. The Morgan fingerprint density at radius 3 is 2.65 bits per heavy atom. The number of anilines is 1. The Balaban J connectivity index is 2.94. The van der Waals surface area contributed by atoms with Crippen molar-refractivity contribution in [2.75, 3.05) is 5.32 Å². The first kappa shape index (κ1) is 13.2. The minimum absolute atomic E-state index is 0.208. The summed E-state index contributed by atoms with van der Waals surface area (Å²) in [6.07, 6.45) is 3.43. The number of rotatable bonds is 4. The molecule has 0 bridgehead atoms. The molecule has 0 spiro atoms. The molecule has 0 aliphatic heterocycles. The lowest BCUT2D eigenvalue weighted by atomic mass is 10.2. The molecule has 90 valence electrons. The molecule has 0 amide bonds. The zero-order valence-corrected chi connectivity index (χ0v) is 10.4. The van der Waals surface area contributed by atoms with Crippen LogP contribution in [0.2, 0.25) is 0 Å². The molecule has 2 nitrogen and oxygen atoms in total. The molecule has 0 unspecified atom stereocenters. The van der Waals surface area contributed by atoms with E-state index in [1.807, 2.05) is 13.8 Å². The largest absolute Gasteiger partial charge is 0.340 e. The van der Waals surface area contributed by atoms with Gasteiger partial charge >= 0.3 is 0 Å². The van der Waals surface area contributed by atoms with Crippen LogP contribution in [0.1, 0.15) is 19.4 Å². The van der Waals surface area contributed by atoms with Gasteiger partial charge in [0.05, 0.1) is 0 Å². The third-order valence-corrected chi connectivity index (χ3v) is 2.05.